The number of hydrogen-bond donors (Lipinski definition) is 1. The maximum absolute atomic E-state index is 6.13. The molecule has 0 saturated carbocycles. The Kier molecular flexibility index (Phi) is 8.34. The van der Waals surface area contributed by atoms with E-state index in [1.54, 1.807) is 0 Å². The third-order valence-electron chi connectivity index (χ3n) is 4.04. The second-order valence-electron chi connectivity index (χ2n) is 5.93. The third kappa shape index (κ3) is 6.36. The Morgan fingerprint density at radius 3 is 2.56 bits per heavy atom. The lowest BCUT2D eigenvalue weighted by Crippen LogP contribution is -3.00. The smallest absolute Gasteiger partial charge is 0.124 e. The molecular formula is C19H21Cl3NO2-. The average Bonchev–Trinajstić information content (AvgIpc) is 3.09. The van der Waals surface area contributed by atoms with Gasteiger partial charge in [-0.1, -0.05) is 35.3 Å². The van der Waals surface area contributed by atoms with Crippen LogP contribution >= 0.6 is 23.2 Å². The first-order chi connectivity index (χ1) is 11.7. The van der Waals surface area contributed by atoms with Crippen molar-refractivity contribution in [3.05, 3.63) is 63.6 Å². The lowest BCUT2D eigenvalue weighted by molar-refractivity contribution is -0.00000629. The number of benzene rings is 2. The van der Waals surface area contributed by atoms with E-state index in [-0.39, 0.29) is 12.4 Å². The van der Waals surface area contributed by atoms with Gasteiger partial charge in [0.25, 0.3) is 0 Å². The number of hydrogen-bond acceptors (Lipinski definition) is 3. The Bertz CT molecular complexity index is 658. The van der Waals surface area contributed by atoms with Gasteiger partial charge >= 0.3 is 0 Å². The minimum absolute atomic E-state index is 0. The first-order valence-corrected chi connectivity index (χ1v) is 8.94. The molecule has 0 bridgehead atoms. The summed E-state index contributed by atoms with van der Waals surface area (Å²) in [6.07, 6.45) is 2.60. The van der Waals surface area contributed by atoms with E-state index in [0.29, 0.717) is 24.3 Å². The molecule has 1 aliphatic rings. The summed E-state index contributed by atoms with van der Waals surface area (Å²) in [4.78, 5) is 0. The van der Waals surface area contributed by atoms with Crippen molar-refractivity contribution in [2.24, 2.45) is 0 Å². The van der Waals surface area contributed by atoms with Gasteiger partial charge in [0, 0.05) is 35.3 Å². The monoisotopic (exact) mass is 400 g/mol. The quantitative estimate of drug-likeness (QED) is 0.768. The van der Waals surface area contributed by atoms with Crippen LogP contribution in [-0.4, -0.2) is 19.3 Å². The molecular weight excluding hydrogens is 381 g/mol. The predicted molar refractivity (Wildman–Crippen MR) is 97.9 cm³/mol. The van der Waals surface area contributed by atoms with E-state index in [0.717, 1.165) is 47.9 Å². The van der Waals surface area contributed by atoms with E-state index in [1.807, 2.05) is 42.5 Å². The van der Waals surface area contributed by atoms with Crippen molar-refractivity contribution >= 4 is 23.2 Å². The van der Waals surface area contributed by atoms with Gasteiger partial charge in [0.2, 0.25) is 0 Å². The zero-order chi connectivity index (χ0) is 16.8. The summed E-state index contributed by atoms with van der Waals surface area (Å²) in [7, 11) is 0. The van der Waals surface area contributed by atoms with Gasteiger partial charge in [0.05, 0.1) is 6.10 Å². The van der Waals surface area contributed by atoms with Gasteiger partial charge in [-0.15, -0.1) is 0 Å². The van der Waals surface area contributed by atoms with Crippen molar-refractivity contribution < 1.29 is 21.9 Å². The van der Waals surface area contributed by atoms with Crippen LogP contribution in [0.4, 0.5) is 0 Å². The van der Waals surface area contributed by atoms with Gasteiger partial charge in [0.1, 0.15) is 12.4 Å². The molecule has 3 rings (SSSR count). The van der Waals surface area contributed by atoms with E-state index in [1.165, 1.54) is 0 Å². The van der Waals surface area contributed by atoms with Crippen molar-refractivity contribution in [1.29, 1.82) is 0 Å². The van der Waals surface area contributed by atoms with Crippen LogP contribution in [0, 0.1) is 0 Å². The fourth-order valence-corrected chi connectivity index (χ4v) is 3.06. The van der Waals surface area contributed by atoms with Gasteiger partial charge in [-0.05, 0) is 48.7 Å². The molecule has 1 aliphatic heterocycles. The first-order valence-electron chi connectivity index (χ1n) is 8.19. The molecule has 1 atom stereocenters. The summed E-state index contributed by atoms with van der Waals surface area (Å²) in [6.45, 7) is 2.93. The summed E-state index contributed by atoms with van der Waals surface area (Å²) in [5.41, 5.74) is 2.13. The summed E-state index contributed by atoms with van der Waals surface area (Å²) in [6, 6.07) is 13.4. The lowest BCUT2D eigenvalue weighted by Gasteiger charge is -2.15. The van der Waals surface area contributed by atoms with Crippen molar-refractivity contribution in [3.8, 4) is 5.75 Å². The molecule has 1 fully saturated rings. The van der Waals surface area contributed by atoms with Crippen molar-refractivity contribution in [1.82, 2.24) is 5.32 Å². The van der Waals surface area contributed by atoms with Crippen LogP contribution in [0.3, 0.4) is 0 Å². The molecule has 1 saturated heterocycles. The van der Waals surface area contributed by atoms with Gasteiger partial charge < -0.3 is 27.2 Å². The summed E-state index contributed by atoms with van der Waals surface area (Å²) < 4.78 is 11.6. The minimum atomic E-state index is 0. The number of ether oxygens (including phenoxy) is 2. The predicted octanol–water partition coefficient (Wildman–Crippen LogP) is 1.85. The molecule has 1 heterocycles. The zero-order valence-electron chi connectivity index (χ0n) is 13.8. The molecule has 1 N–H and O–H groups in total. The maximum atomic E-state index is 6.13. The second-order valence-corrected chi connectivity index (χ2v) is 6.81. The normalized spacial score (nSPS) is 16.5. The molecule has 0 radical (unpaired) electrons. The highest BCUT2D eigenvalue weighted by atomic mass is 35.5. The Labute approximate surface area is 165 Å². The molecule has 3 nitrogen and oxygen atoms in total. The summed E-state index contributed by atoms with van der Waals surface area (Å²) >= 11 is 12.0. The Hall–Kier alpha value is -0.970. The Morgan fingerprint density at radius 1 is 1.08 bits per heavy atom. The molecule has 2 aromatic rings. The molecule has 0 aliphatic carbocycles. The van der Waals surface area contributed by atoms with Crippen LogP contribution in [0.15, 0.2) is 42.5 Å². The van der Waals surface area contributed by atoms with E-state index >= 15 is 0 Å². The van der Waals surface area contributed by atoms with Crippen molar-refractivity contribution in [2.45, 2.75) is 32.1 Å². The van der Waals surface area contributed by atoms with Gasteiger partial charge in [-0.3, -0.25) is 0 Å². The Morgan fingerprint density at radius 2 is 1.84 bits per heavy atom. The van der Waals surface area contributed by atoms with Crippen molar-refractivity contribution in [3.63, 3.8) is 0 Å². The first kappa shape index (κ1) is 20.3. The second kappa shape index (κ2) is 10.2. The maximum Gasteiger partial charge on any atom is 0.124 e. The van der Waals surface area contributed by atoms with Crippen LogP contribution in [0.5, 0.6) is 5.75 Å². The van der Waals surface area contributed by atoms with Crippen LogP contribution in [0.25, 0.3) is 0 Å². The molecule has 25 heavy (non-hydrogen) atoms. The summed E-state index contributed by atoms with van der Waals surface area (Å²) in [5.74, 6) is 0.842. The highest BCUT2D eigenvalue weighted by Crippen LogP contribution is 2.24. The van der Waals surface area contributed by atoms with E-state index in [2.05, 4.69) is 5.32 Å². The molecule has 136 valence electrons. The molecule has 0 amide bonds. The highest BCUT2D eigenvalue weighted by molar-refractivity contribution is 6.30. The SMILES string of the molecule is Clc1ccc(COc2ccc(Cl)cc2CNCC2CCCO2)cc1.[Cl-]. The molecule has 0 aromatic heterocycles. The molecule has 0 spiro atoms. The van der Waals surface area contributed by atoms with Gasteiger partial charge in [-0.25, -0.2) is 0 Å². The summed E-state index contributed by atoms with van der Waals surface area (Å²) in [5, 5.41) is 4.87. The average molecular weight is 402 g/mol. The van der Waals surface area contributed by atoms with E-state index in [9.17, 15) is 0 Å². The fraction of sp³-hybridized carbons (Fsp3) is 0.368. The standard InChI is InChI=1S/C19H21Cl2NO2.ClH/c20-16-5-3-14(4-6-16)13-24-19-8-7-17(21)10-15(19)11-22-12-18-2-1-9-23-18;/h3-8,10,18,22H,1-2,9,11-13H2;1H/p-1. The largest absolute Gasteiger partial charge is 1.00 e. The molecule has 2 aromatic carbocycles. The molecule has 1 unspecified atom stereocenters. The number of rotatable bonds is 7. The Balaban J connectivity index is 0.00000225. The molecule has 6 heteroatoms. The van der Waals surface area contributed by atoms with Crippen LogP contribution in [0.1, 0.15) is 24.0 Å². The van der Waals surface area contributed by atoms with Crippen LogP contribution < -0.4 is 22.5 Å². The third-order valence-corrected chi connectivity index (χ3v) is 4.53. The number of nitrogens with one attached hydrogen (secondary N) is 1. The number of halogens is 3. The lowest BCUT2D eigenvalue weighted by atomic mass is 10.2. The highest BCUT2D eigenvalue weighted by Gasteiger charge is 2.15. The zero-order valence-corrected chi connectivity index (χ0v) is 16.1. The van der Waals surface area contributed by atoms with E-state index in [4.69, 9.17) is 32.7 Å². The van der Waals surface area contributed by atoms with Gasteiger partial charge in [-0.2, -0.15) is 0 Å². The van der Waals surface area contributed by atoms with Crippen LogP contribution in [-0.2, 0) is 17.9 Å². The van der Waals surface area contributed by atoms with Crippen LogP contribution in [0.2, 0.25) is 10.0 Å². The topological polar surface area (TPSA) is 30.5 Å². The van der Waals surface area contributed by atoms with Crippen molar-refractivity contribution in [2.75, 3.05) is 13.2 Å². The minimum Gasteiger partial charge on any atom is -1.00 e. The van der Waals surface area contributed by atoms with E-state index < -0.39 is 0 Å². The van der Waals surface area contributed by atoms with Gasteiger partial charge in [0.15, 0.2) is 0 Å². The fourth-order valence-electron chi connectivity index (χ4n) is 2.74.